The van der Waals surface area contributed by atoms with E-state index in [0.717, 1.165) is 5.39 Å². The van der Waals surface area contributed by atoms with Gasteiger partial charge in [0.05, 0.1) is 16.1 Å². The maximum absolute atomic E-state index is 12.1. The average molecular weight is 280 g/mol. The highest BCUT2D eigenvalue weighted by Crippen LogP contribution is 2.21. The molecule has 0 aliphatic rings. The predicted octanol–water partition coefficient (Wildman–Crippen LogP) is 0.485. The molecule has 0 aliphatic carbocycles. The lowest BCUT2D eigenvalue weighted by Gasteiger charge is -2.14. The molecule has 6 nitrogen and oxygen atoms in total. The van der Waals surface area contributed by atoms with E-state index in [2.05, 4.69) is 5.10 Å². The molecule has 4 N–H and O–H groups in total. The summed E-state index contributed by atoms with van der Waals surface area (Å²) in [5.74, 6) is 11.1. The van der Waals surface area contributed by atoms with Gasteiger partial charge in [0.25, 0.3) is 5.91 Å². The number of fused-ring (bicyclic) bond motifs is 1. The molecule has 100 valence electrons. The van der Waals surface area contributed by atoms with Crippen molar-refractivity contribution in [2.75, 3.05) is 19.9 Å². The van der Waals surface area contributed by atoms with Crippen molar-refractivity contribution in [2.24, 2.45) is 10.9 Å². The summed E-state index contributed by atoms with van der Waals surface area (Å²) in [4.78, 5) is 13.5. The van der Waals surface area contributed by atoms with Crippen LogP contribution in [-0.2, 0) is 0 Å². The Kier molecular flexibility index (Phi) is 3.35. The number of para-hydroxylation sites is 1. The molecule has 7 heteroatoms. The summed E-state index contributed by atoms with van der Waals surface area (Å²) in [6, 6.07) is 6.99. The standard InChI is InChI=1S/C12H14ClN5O/c1-17(2)12(19)8-6-7-4-3-5-9(13)10(7)18(15)11(8)16-14/h3-6H,14-15H2,1-2H3/b16-11-. The molecule has 0 saturated heterocycles. The summed E-state index contributed by atoms with van der Waals surface area (Å²) < 4.78 is 1.23. The summed E-state index contributed by atoms with van der Waals surface area (Å²) in [6.45, 7) is 0. The first-order valence-electron chi connectivity index (χ1n) is 5.52. The molecule has 0 radical (unpaired) electrons. The number of nitrogen functional groups attached to an aromatic ring is 1. The number of carbonyl (C=O) groups is 1. The van der Waals surface area contributed by atoms with Crippen molar-refractivity contribution < 1.29 is 4.79 Å². The third-order valence-electron chi connectivity index (χ3n) is 2.79. The number of pyridine rings is 1. The maximum Gasteiger partial charge on any atom is 0.257 e. The van der Waals surface area contributed by atoms with Crippen molar-refractivity contribution >= 4 is 28.4 Å². The molecule has 0 unspecified atom stereocenters. The Hall–Kier alpha value is -2.21. The Labute approximate surface area is 114 Å². The van der Waals surface area contributed by atoms with E-state index in [1.807, 2.05) is 6.07 Å². The fourth-order valence-corrected chi connectivity index (χ4v) is 2.16. The fourth-order valence-electron chi connectivity index (χ4n) is 1.89. The minimum Gasteiger partial charge on any atom is -0.345 e. The van der Waals surface area contributed by atoms with Crippen LogP contribution in [0.2, 0.25) is 5.02 Å². The second kappa shape index (κ2) is 4.81. The number of amides is 1. The summed E-state index contributed by atoms with van der Waals surface area (Å²) in [5.41, 5.74) is 1.08. The van der Waals surface area contributed by atoms with E-state index in [9.17, 15) is 4.79 Å². The molecule has 0 fully saturated rings. The van der Waals surface area contributed by atoms with E-state index in [0.29, 0.717) is 16.1 Å². The van der Waals surface area contributed by atoms with Gasteiger partial charge in [0.15, 0.2) is 5.49 Å². The quantitative estimate of drug-likeness (QED) is 0.588. The normalized spacial score (nSPS) is 11.8. The van der Waals surface area contributed by atoms with Crippen LogP contribution in [0, 0.1) is 0 Å². The number of benzene rings is 1. The van der Waals surface area contributed by atoms with Gasteiger partial charge in [0.1, 0.15) is 0 Å². The van der Waals surface area contributed by atoms with Gasteiger partial charge in [-0.05, 0) is 12.1 Å². The van der Waals surface area contributed by atoms with Crippen LogP contribution in [0.5, 0.6) is 0 Å². The van der Waals surface area contributed by atoms with Crippen LogP contribution >= 0.6 is 11.6 Å². The minimum atomic E-state index is -0.231. The number of carbonyl (C=O) groups excluding carboxylic acids is 1. The van der Waals surface area contributed by atoms with Gasteiger partial charge in [0.2, 0.25) is 0 Å². The van der Waals surface area contributed by atoms with Crippen LogP contribution in [0.4, 0.5) is 0 Å². The van der Waals surface area contributed by atoms with Crippen LogP contribution in [0.1, 0.15) is 10.4 Å². The Balaban J connectivity index is 2.92. The molecule has 0 bridgehead atoms. The Morgan fingerprint density at radius 3 is 2.68 bits per heavy atom. The SMILES string of the molecule is CN(C)C(=O)c1cc2cccc(Cl)c2n(N)/c1=N\N. The first-order valence-corrected chi connectivity index (χ1v) is 5.90. The molecule has 1 heterocycles. The number of halogens is 1. The van der Waals surface area contributed by atoms with Crippen LogP contribution in [-0.4, -0.2) is 29.6 Å². The van der Waals surface area contributed by atoms with E-state index in [1.54, 1.807) is 32.3 Å². The third-order valence-corrected chi connectivity index (χ3v) is 3.09. The number of nitrogens with zero attached hydrogens (tertiary/aromatic N) is 3. The molecule has 0 spiro atoms. The van der Waals surface area contributed by atoms with E-state index in [4.69, 9.17) is 23.3 Å². The van der Waals surface area contributed by atoms with E-state index in [-0.39, 0.29) is 11.4 Å². The first-order chi connectivity index (χ1) is 8.97. The third kappa shape index (κ3) is 2.10. The molecule has 1 aromatic carbocycles. The first kappa shape index (κ1) is 13.2. The average Bonchev–Trinajstić information content (AvgIpc) is 2.37. The molecule has 0 aliphatic heterocycles. The molecular weight excluding hydrogens is 266 g/mol. The number of hydrogen-bond donors (Lipinski definition) is 2. The lowest BCUT2D eigenvalue weighted by molar-refractivity contribution is 0.0825. The van der Waals surface area contributed by atoms with Crippen LogP contribution in [0.15, 0.2) is 29.4 Å². The topological polar surface area (TPSA) is 89.6 Å². The molecule has 1 aromatic heterocycles. The van der Waals surface area contributed by atoms with E-state index >= 15 is 0 Å². The van der Waals surface area contributed by atoms with Gasteiger partial charge < -0.3 is 16.6 Å². The zero-order chi connectivity index (χ0) is 14.2. The lowest BCUT2D eigenvalue weighted by atomic mass is 10.1. The zero-order valence-electron chi connectivity index (χ0n) is 10.6. The predicted molar refractivity (Wildman–Crippen MR) is 74.9 cm³/mol. The fraction of sp³-hybridized carbons (Fsp3) is 0.167. The maximum atomic E-state index is 12.1. The highest BCUT2D eigenvalue weighted by atomic mass is 35.5. The molecule has 0 saturated carbocycles. The summed E-state index contributed by atoms with van der Waals surface area (Å²) in [5, 5.41) is 4.81. The van der Waals surface area contributed by atoms with Gasteiger partial charge >= 0.3 is 0 Å². The van der Waals surface area contributed by atoms with Crippen LogP contribution in [0.25, 0.3) is 10.9 Å². The summed E-state index contributed by atoms with van der Waals surface area (Å²) >= 11 is 6.11. The van der Waals surface area contributed by atoms with Crippen molar-refractivity contribution in [3.8, 4) is 0 Å². The summed E-state index contributed by atoms with van der Waals surface area (Å²) in [7, 11) is 3.29. The number of rotatable bonds is 1. The Bertz CT molecular complexity index is 720. The monoisotopic (exact) mass is 279 g/mol. The molecule has 2 aromatic rings. The van der Waals surface area contributed by atoms with Gasteiger partial charge in [-0.2, -0.15) is 5.10 Å². The summed E-state index contributed by atoms with van der Waals surface area (Å²) in [6.07, 6.45) is 0. The highest BCUT2D eigenvalue weighted by Gasteiger charge is 2.16. The minimum absolute atomic E-state index is 0.180. The zero-order valence-corrected chi connectivity index (χ0v) is 11.3. The number of nitrogens with two attached hydrogens (primary N) is 2. The van der Waals surface area contributed by atoms with Gasteiger partial charge in [0, 0.05) is 19.5 Å². The van der Waals surface area contributed by atoms with Gasteiger partial charge in [-0.25, -0.2) is 4.68 Å². The lowest BCUT2D eigenvalue weighted by Crippen LogP contribution is -2.37. The molecule has 19 heavy (non-hydrogen) atoms. The second-order valence-corrected chi connectivity index (χ2v) is 4.67. The van der Waals surface area contributed by atoms with Crippen LogP contribution < -0.4 is 17.2 Å². The smallest absolute Gasteiger partial charge is 0.257 e. The Morgan fingerprint density at radius 2 is 2.11 bits per heavy atom. The Morgan fingerprint density at radius 1 is 1.42 bits per heavy atom. The van der Waals surface area contributed by atoms with E-state index < -0.39 is 0 Å². The molecule has 0 atom stereocenters. The van der Waals surface area contributed by atoms with Gasteiger partial charge in [-0.15, -0.1) is 0 Å². The molecule has 1 amide bonds. The largest absolute Gasteiger partial charge is 0.345 e. The van der Waals surface area contributed by atoms with Gasteiger partial charge in [-0.3, -0.25) is 4.79 Å². The van der Waals surface area contributed by atoms with Crippen molar-refractivity contribution in [1.82, 2.24) is 9.58 Å². The molecule has 2 rings (SSSR count). The molecular formula is C12H14ClN5O. The van der Waals surface area contributed by atoms with Gasteiger partial charge in [-0.1, -0.05) is 23.7 Å². The second-order valence-electron chi connectivity index (χ2n) is 4.26. The highest BCUT2D eigenvalue weighted by molar-refractivity contribution is 6.35. The van der Waals surface area contributed by atoms with Crippen LogP contribution in [0.3, 0.4) is 0 Å². The van der Waals surface area contributed by atoms with Crippen molar-refractivity contribution in [3.05, 3.63) is 40.3 Å². The van der Waals surface area contributed by atoms with Crippen molar-refractivity contribution in [1.29, 1.82) is 0 Å². The number of aromatic nitrogens is 1. The van der Waals surface area contributed by atoms with Crippen molar-refractivity contribution in [3.63, 3.8) is 0 Å². The van der Waals surface area contributed by atoms with Crippen molar-refractivity contribution in [2.45, 2.75) is 0 Å². The van der Waals surface area contributed by atoms with E-state index in [1.165, 1.54) is 9.58 Å². The number of hydrogen-bond acceptors (Lipinski definition) is 4.